The third-order valence-corrected chi connectivity index (χ3v) is 7.26. The zero-order valence-corrected chi connectivity index (χ0v) is 20.4. The number of nitrogens with zero attached hydrogens (tertiary/aromatic N) is 3. The summed E-state index contributed by atoms with van der Waals surface area (Å²) >= 11 is 0. The lowest BCUT2D eigenvalue weighted by atomic mass is 9.97. The highest BCUT2D eigenvalue weighted by atomic mass is 16.5. The molecule has 0 amide bonds. The maximum absolute atomic E-state index is 9.89. The number of fused-ring (bicyclic) bond motifs is 1. The van der Waals surface area contributed by atoms with Crippen molar-refractivity contribution in [1.29, 1.82) is 5.26 Å². The topological polar surface area (TPSA) is 64.5 Å². The Morgan fingerprint density at radius 3 is 2.28 bits per heavy atom. The van der Waals surface area contributed by atoms with E-state index >= 15 is 0 Å². The van der Waals surface area contributed by atoms with Crippen LogP contribution in [0.1, 0.15) is 11.1 Å². The van der Waals surface area contributed by atoms with E-state index in [1.807, 2.05) is 6.07 Å². The first-order valence-electron chi connectivity index (χ1n) is 12.7. The number of aromatic nitrogens is 1. The summed E-state index contributed by atoms with van der Waals surface area (Å²) in [6, 6.07) is 26.0. The number of nitriles is 1. The minimum atomic E-state index is 0.741. The Morgan fingerprint density at radius 1 is 0.806 bits per heavy atom. The fourth-order valence-electron chi connectivity index (χ4n) is 5.22. The van der Waals surface area contributed by atoms with Gasteiger partial charge >= 0.3 is 0 Å². The molecule has 2 fully saturated rings. The van der Waals surface area contributed by atoms with Gasteiger partial charge in [-0.05, 0) is 52.6 Å². The number of nitrogens with one attached hydrogen (secondary N) is 1. The van der Waals surface area contributed by atoms with Gasteiger partial charge in [-0.3, -0.25) is 4.90 Å². The molecule has 0 aliphatic carbocycles. The third kappa shape index (κ3) is 4.61. The second kappa shape index (κ2) is 10.2. The first kappa shape index (κ1) is 22.8. The molecule has 1 N–H and O–H groups in total. The van der Waals surface area contributed by atoms with Crippen molar-refractivity contribution in [3.63, 3.8) is 0 Å². The van der Waals surface area contributed by atoms with Crippen molar-refractivity contribution < 1.29 is 9.47 Å². The quantitative estimate of drug-likeness (QED) is 0.435. The maximum atomic E-state index is 9.89. The highest BCUT2D eigenvalue weighted by molar-refractivity contribution is 5.98. The Morgan fingerprint density at radius 2 is 1.53 bits per heavy atom. The fourth-order valence-corrected chi connectivity index (χ4v) is 5.22. The number of hydrogen-bond acceptors (Lipinski definition) is 5. The summed E-state index contributed by atoms with van der Waals surface area (Å²) in [6.07, 6.45) is 0. The molecule has 4 aromatic rings. The van der Waals surface area contributed by atoms with Crippen LogP contribution in [0.3, 0.4) is 0 Å². The first-order chi connectivity index (χ1) is 17.8. The summed E-state index contributed by atoms with van der Waals surface area (Å²) in [5.74, 6) is 0. The van der Waals surface area contributed by atoms with Crippen molar-refractivity contribution in [2.75, 3.05) is 57.5 Å². The van der Waals surface area contributed by atoms with Crippen molar-refractivity contribution in [3.8, 4) is 28.5 Å². The molecule has 0 radical (unpaired) electrons. The van der Waals surface area contributed by atoms with Crippen molar-refractivity contribution in [1.82, 2.24) is 9.88 Å². The Bertz CT molecular complexity index is 1390. The molecule has 6 rings (SSSR count). The van der Waals surface area contributed by atoms with E-state index < -0.39 is 0 Å². The molecule has 6 nitrogen and oxygen atoms in total. The van der Waals surface area contributed by atoms with E-state index in [9.17, 15) is 5.26 Å². The molecule has 2 aliphatic rings. The number of ether oxygens (including phenoxy) is 2. The van der Waals surface area contributed by atoms with Gasteiger partial charge in [0, 0.05) is 55.0 Å². The molecule has 36 heavy (non-hydrogen) atoms. The van der Waals surface area contributed by atoms with Crippen LogP contribution >= 0.6 is 0 Å². The van der Waals surface area contributed by atoms with Crippen LogP contribution in [-0.2, 0) is 16.0 Å². The molecule has 0 spiro atoms. The third-order valence-electron chi connectivity index (χ3n) is 7.26. The predicted octanol–water partition coefficient (Wildman–Crippen LogP) is 5.04. The van der Waals surface area contributed by atoms with Gasteiger partial charge in [-0.1, -0.05) is 36.4 Å². The largest absolute Gasteiger partial charge is 0.379 e. The van der Waals surface area contributed by atoms with Crippen molar-refractivity contribution in [2.45, 2.75) is 6.54 Å². The second-order valence-electron chi connectivity index (χ2n) is 9.47. The minimum Gasteiger partial charge on any atom is -0.379 e. The lowest BCUT2D eigenvalue weighted by molar-refractivity contribution is 0.0341. The van der Waals surface area contributed by atoms with Gasteiger partial charge in [0.2, 0.25) is 0 Å². The molecule has 0 unspecified atom stereocenters. The van der Waals surface area contributed by atoms with E-state index in [2.05, 4.69) is 81.5 Å². The lowest BCUT2D eigenvalue weighted by Crippen LogP contribution is -2.36. The number of benzene rings is 3. The number of morpholine rings is 2. The van der Waals surface area contributed by atoms with Crippen molar-refractivity contribution in [3.05, 3.63) is 77.9 Å². The van der Waals surface area contributed by atoms with E-state index in [4.69, 9.17) is 9.47 Å². The number of hydrogen-bond donors (Lipinski definition) is 1. The van der Waals surface area contributed by atoms with Crippen LogP contribution in [0.15, 0.2) is 66.7 Å². The number of aromatic amines is 1. The highest BCUT2D eigenvalue weighted by Gasteiger charge is 2.16. The smallest absolute Gasteiger partial charge is 0.0995 e. The van der Waals surface area contributed by atoms with E-state index in [-0.39, 0.29) is 0 Å². The van der Waals surface area contributed by atoms with Gasteiger partial charge in [0.1, 0.15) is 0 Å². The summed E-state index contributed by atoms with van der Waals surface area (Å²) in [7, 11) is 0. The molecule has 0 saturated carbocycles. The average molecular weight is 479 g/mol. The SMILES string of the molecule is N#Cc1cc(-c2cccc3[nH]c(-c4ccc(N5CCOCC5)cc4)cc23)ccc1CN1CCOCC1. The monoisotopic (exact) mass is 478 g/mol. The molecule has 6 heteroatoms. The van der Waals surface area contributed by atoms with Crippen LogP contribution in [-0.4, -0.2) is 62.5 Å². The highest BCUT2D eigenvalue weighted by Crippen LogP contribution is 2.34. The van der Waals surface area contributed by atoms with Crippen molar-refractivity contribution >= 4 is 16.6 Å². The minimum absolute atomic E-state index is 0.741. The normalized spacial score (nSPS) is 16.8. The standard InChI is InChI=1S/C30H30N4O2/c31-20-25-18-23(4-5-24(25)21-33-10-14-35-15-11-33)27-2-1-3-29-28(27)19-30(32-29)22-6-8-26(9-7-22)34-12-16-36-17-13-34/h1-9,18-19,32H,10-17,21H2. The van der Waals surface area contributed by atoms with Crippen LogP contribution in [0.4, 0.5) is 5.69 Å². The Hall–Kier alpha value is -3.63. The molecule has 3 heterocycles. The molecule has 0 atom stereocenters. The van der Waals surface area contributed by atoms with Gasteiger partial charge in [0.25, 0.3) is 0 Å². The van der Waals surface area contributed by atoms with Gasteiger partial charge in [0.15, 0.2) is 0 Å². The molecule has 0 bridgehead atoms. The zero-order valence-electron chi connectivity index (χ0n) is 20.4. The number of rotatable bonds is 5. The van der Waals surface area contributed by atoms with E-state index in [0.29, 0.717) is 0 Å². The molecule has 1 aromatic heterocycles. The van der Waals surface area contributed by atoms with E-state index in [0.717, 1.165) is 104 Å². The van der Waals surface area contributed by atoms with Gasteiger partial charge in [0.05, 0.1) is 38.1 Å². The average Bonchev–Trinajstić information content (AvgIpc) is 3.39. The number of anilines is 1. The molecular formula is C30H30N4O2. The van der Waals surface area contributed by atoms with Gasteiger partial charge in [-0.2, -0.15) is 5.26 Å². The first-order valence-corrected chi connectivity index (χ1v) is 12.7. The van der Waals surface area contributed by atoms with Crippen LogP contribution in [0.25, 0.3) is 33.3 Å². The Labute approximate surface area is 211 Å². The Kier molecular flexibility index (Phi) is 6.44. The van der Waals surface area contributed by atoms with E-state index in [1.165, 1.54) is 5.69 Å². The molecule has 2 aliphatic heterocycles. The zero-order chi connectivity index (χ0) is 24.3. The summed E-state index contributed by atoms with van der Waals surface area (Å²) in [5.41, 5.74) is 8.60. The Balaban J connectivity index is 1.29. The maximum Gasteiger partial charge on any atom is 0.0995 e. The van der Waals surface area contributed by atoms with Crippen molar-refractivity contribution in [2.24, 2.45) is 0 Å². The summed E-state index contributed by atoms with van der Waals surface area (Å²) < 4.78 is 10.9. The van der Waals surface area contributed by atoms with Gasteiger partial charge in [-0.25, -0.2) is 0 Å². The second-order valence-corrected chi connectivity index (χ2v) is 9.47. The summed E-state index contributed by atoms with van der Waals surface area (Å²) in [4.78, 5) is 8.32. The summed E-state index contributed by atoms with van der Waals surface area (Å²) in [6.45, 7) is 7.56. The predicted molar refractivity (Wildman–Crippen MR) is 143 cm³/mol. The van der Waals surface area contributed by atoms with E-state index in [1.54, 1.807) is 0 Å². The van der Waals surface area contributed by atoms with Crippen LogP contribution in [0.5, 0.6) is 0 Å². The number of H-pyrrole nitrogens is 1. The molecule has 2 saturated heterocycles. The summed E-state index contributed by atoms with van der Waals surface area (Å²) in [5, 5.41) is 11.1. The van der Waals surface area contributed by atoms with Crippen LogP contribution in [0, 0.1) is 11.3 Å². The van der Waals surface area contributed by atoms with Crippen LogP contribution < -0.4 is 4.90 Å². The fraction of sp³-hybridized carbons (Fsp3) is 0.300. The van der Waals surface area contributed by atoms with Gasteiger partial charge in [-0.15, -0.1) is 0 Å². The van der Waals surface area contributed by atoms with Gasteiger partial charge < -0.3 is 19.4 Å². The lowest BCUT2D eigenvalue weighted by Gasteiger charge is -2.28. The van der Waals surface area contributed by atoms with Crippen LogP contribution in [0.2, 0.25) is 0 Å². The molecule has 182 valence electrons. The molecular weight excluding hydrogens is 448 g/mol. The molecule has 3 aromatic carbocycles.